The zero-order valence-electron chi connectivity index (χ0n) is 23.0. The minimum absolute atomic E-state index is 0.420. The molecule has 1 heteroatoms. The summed E-state index contributed by atoms with van der Waals surface area (Å²) in [6, 6.07) is 60.2. The van der Waals surface area contributed by atoms with Crippen LogP contribution in [0, 0.1) is 0 Å². The Balaban J connectivity index is 1.49. The summed E-state index contributed by atoms with van der Waals surface area (Å²) in [5.41, 5.74) is 11.1. The van der Waals surface area contributed by atoms with Crippen molar-refractivity contribution >= 4 is 32.6 Å². The number of rotatable bonds is 3. The number of fused-ring (bicyclic) bond motifs is 8. The van der Waals surface area contributed by atoms with E-state index in [0.717, 1.165) is 0 Å². The molecule has 0 radical (unpaired) electrons. The molecule has 0 N–H and O–H groups in total. The van der Waals surface area contributed by atoms with Crippen molar-refractivity contribution in [3.8, 4) is 16.8 Å². The van der Waals surface area contributed by atoms with Gasteiger partial charge < -0.3 is 4.57 Å². The molecular weight excluding hydrogens is 506 g/mol. The maximum Gasteiger partial charge on any atom is 0.0713 e. The third-order valence-corrected chi connectivity index (χ3v) is 9.26. The number of para-hydroxylation sites is 2. The summed E-state index contributed by atoms with van der Waals surface area (Å²) in [6.07, 6.45) is 0. The summed E-state index contributed by atoms with van der Waals surface area (Å²) in [4.78, 5) is 0. The van der Waals surface area contributed by atoms with Crippen LogP contribution in [0.1, 0.15) is 22.3 Å². The standard InChI is InChI=1S/C41H27N/c1-3-15-29(16-4-1)41(30-17-5-2-6-18-30)34-22-10-7-21-33(34)40-35(41)27-26-28-14-13-25-38(39(28)40)42-36-23-11-8-19-31(36)32-20-9-12-24-37(32)42/h1-27H. The zero-order valence-corrected chi connectivity index (χ0v) is 23.0. The molecule has 1 aromatic heterocycles. The minimum atomic E-state index is -0.420. The monoisotopic (exact) mass is 533 g/mol. The van der Waals surface area contributed by atoms with E-state index in [-0.39, 0.29) is 0 Å². The van der Waals surface area contributed by atoms with Gasteiger partial charge in [0.1, 0.15) is 0 Å². The zero-order chi connectivity index (χ0) is 27.7. The molecule has 0 atom stereocenters. The Kier molecular flexibility index (Phi) is 4.88. The van der Waals surface area contributed by atoms with Crippen molar-refractivity contribution in [1.82, 2.24) is 4.57 Å². The van der Waals surface area contributed by atoms with Crippen LogP contribution < -0.4 is 0 Å². The quantitative estimate of drug-likeness (QED) is 0.213. The van der Waals surface area contributed by atoms with E-state index < -0.39 is 5.41 Å². The molecule has 42 heavy (non-hydrogen) atoms. The van der Waals surface area contributed by atoms with Crippen molar-refractivity contribution in [3.63, 3.8) is 0 Å². The fourth-order valence-electron chi connectivity index (χ4n) is 7.66. The van der Waals surface area contributed by atoms with Crippen LogP contribution in [0.5, 0.6) is 0 Å². The normalized spacial score (nSPS) is 13.4. The molecular formula is C41H27N. The Morgan fingerprint density at radius 1 is 0.405 bits per heavy atom. The first-order chi connectivity index (χ1) is 20.9. The number of hydrogen-bond donors (Lipinski definition) is 0. The van der Waals surface area contributed by atoms with E-state index in [0.29, 0.717) is 0 Å². The molecule has 7 aromatic carbocycles. The largest absolute Gasteiger partial charge is 0.309 e. The highest BCUT2D eigenvalue weighted by Crippen LogP contribution is 2.58. The molecule has 0 saturated carbocycles. The van der Waals surface area contributed by atoms with Gasteiger partial charge >= 0.3 is 0 Å². The van der Waals surface area contributed by atoms with Crippen molar-refractivity contribution < 1.29 is 0 Å². The highest BCUT2D eigenvalue weighted by Gasteiger charge is 2.46. The van der Waals surface area contributed by atoms with Crippen LogP contribution in [0.25, 0.3) is 49.4 Å². The molecule has 8 aromatic rings. The van der Waals surface area contributed by atoms with Crippen LogP contribution in [0.3, 0.4) is 0 Å². The maximum atomic E-state index is 2.47. The SMILES string of the molecule is c1ccc(C2(c3ccccc3)c3ccccc3-c3c2ccc2cccc(-n4c5ccccc5c5ccccc54)c32)cc1. The van der Waals surface area contributed by atoms with Gasteiger partial charge in [-0.25, -0.2) is 0 Å². The smallest absolute Gasteiger partial charge is 0.0713 e. The van der Waals surface area contributed by atoms with Crippen molar-refractivity contribution in [2.45, 2.75) is 5.41 Å². The van der Waals surface area contributed by atoms with Gasteiger partial charge in [-0.3, -0.25) is 0 Å². The summed E-state index contributed by atoms with van der Waals surface area (Å²) in [5.74, 6) is 0. The third-order valence-electron chi connectivity index (χ3n) is 9.26. The van der Waals surface area contributed by atoms with Crippen molar-refractivity contribution in [2.75, 3.05) is 0 Å². The lowest BCUT2D eigenvalue weighted by molar-refractivity contribution is 0.769. The van der Waals surface area contributed by atoms with E-state index in [1.807, 2.05) is 0 Å². The number of aromatic nitrogens is 1. The summed E-state index contributed by atoms with van der Waals surface area (Å²) in [5, 5.41) is 5.10. The molecule has 0 fully saturated rings. The van der Waals surface area contributed by atoms with Crippen molar-refractivity contribution in [3.05, 3.63) is 186 Å². The first-order valence-corrected chi connectivity index (χ1v) is 14.6. The van der Waals surface area contributed by atoms with Gasteiger partial charge in [0.15, 0.2) is 0 Å². The van der Waals surface area contributed by atoms with E-state index >= 15 is 0 Å². The Bertz CT molecular complexity index is 2200. The molecule has 0 saturated heterocycles. The number of hydrogen-bond acceptors (Lipinski definition) is 0. The van der Waals surface area contributed by atoms with Crippen LogP contribution >= 0.6 is 0 Å². The highest BCUT2D eigenvalue weighted by atomic mass is 15.0. The van der Waals surface area contributed by atoms with Gasteiger partial charge in [0, 0.05) is 16.2 Å². The van der Waals surface area contributed by atoms with Crippen LogP contribution in [0.15, 0.2) is 164 Å². The first-order valence-electron chi connectivity index (χ1n) is 14.6. The van der Waals surface area contributed by atoms with E-state index in [4.69, 9.17) is 0 Å². The van der Waals surface area contributed by atoms with Gasteiger partial charge in [0.25, 0.3) is 0 Å². The molecule has 1 aliphatic rings. The molecule has 1 aliphatic carbocycles. The Morgan fingerprint density at radius 3 is 1.64 bits per heavy atom. The fourth-order valence-corrected chi connectivity index (χ4v) is 7.66. The third kappa shape index (κ3) is 2.97. The first kappa shape index (κ1) is 23.3. The van der Waals surface area contributed by atoms with Crippen molar-refractivity contribution in [1.29, 1.82) is 0 Å². The van der Waals surface area contributed by atoms with E-state index in [1.165, 1.54) is 71.6 Å². The van der Waals surface area contributed by atoms with Gasteiger partial charge in [0.2, 0.25) is 0 Å². The molecule has 0 unspecified atom stereocenters. The van der Waals surface area contributed by atoms with Gasteiger partial charge in [0.05, 0.1) is 22.1 Å². The predicted molar refractivity (Wildman–Crippen MR) is 176 cm³/mol. The molecule has 196 valence electrons. The maximum absolute atomic E-state index is 2.47. The summed E-state index contributed by atoms with van der Waals surface area (Å²) in [7, 11) is 0. The average molecular weight is 534 g/mol. The lowest BCUT2D eigenvalue weighted by Gasteiger charge is -2.34. The van der Waals surface area contributed by atoms with E-state index in [2.05, 4.69) is 168 Å². The second-order valence-electron chi connectivity index (χ2n) is 11.3. The Hall–Kier alpha value is -5.40. The lowest BCUT2D eigenvalue weighted by Crippen LogP contribution is -2.28. The molecule has 0 aliphatic heterocycles. The number of nitrogens with zero attached hydrogens (tertiary/aromatic N) is 1. The Labute approximate surface area is 244 Å². The average Bonchev–Trinajstić information content (AvgIpc) is 3.56. The summed E-state index contributed by atoms with van der Waals surface area (Å²) in [6.45, 7) is 0. The van der Waals surface area contributed by atoms with Gasteiger partial charge in [-0.15, -0.1) is 0 Å². The molecule has 1 heterocycles. The minimum Gasteiger partial charge on any atom is -0.309 e. The molecule has 0 bridgehead atoms. The second kappa shape index (κ2) is 8.80. The van der Waals surface area contributed by atoms with Crippen molar-refractivity contribution in [2.24, 2.45) is 0 Å². The molecule has 0 amide bonds. The highest BCUT2D eigenvalue weighted by molar-refractivity contribution is 6.13. The fraction of sp³-hybridized carbons (Fsp3) is 0.0244. The van der Waals surface area contributed by atoms with E-state index in [1.54, 1.807) is 0 Å². The van der Waals surface area contributed by atoms with Gasteiger partial charge in [-0.05, 0) is 57.0 Å². The van der Waals surface area contributed by atoms with Crippen LogP contribution in [-0.4, -0.2) is 4.57 Å². The number of benzene rings is 7. The second-order valence-corrected chi connectivity index (χ2v) is 11.3. The molecule has 0 spiro atoms. The lowest BCUT2D eigenvalue weighted by atomic mass is 9.67. The molecule has 9 rings (SSSR count). The van der Waals surface area contributed by atoms with Gasteiger partial charge in [-0.2, -0.15) is 0 Å². The summed E-state index contributed by atoms with van der Waals surface area (Å²) >= 11 is 0. The van der Waals surface area contributed by atoms with Crippen LogP contribution in [0.2, 0.25) is 0 Å². The van der Waals surface area contributed by atoms with Crippen LogP contribution in [-0.2, 0) is 5.41 Å². The van der Waals surface area contributed by atoms with Crippen LogP contribution in [0.4, 0.5) is 0 Å². The predicted octanol–water partition coefficient (Wildman–Crippen LogP) is 10.3. The molecule has 1 nitrogen and oxygen atoms in total. The van der Waals surface area contributed by atoms with E-state index in [9.17, 15) is 0 Å². The topological polar surface area (TPSA) is 4.93 Å². The van der Waals surface area contributed by atoms with Gasteiger partial charge in [-0.1, -0.05) is 146 Å². The Morgan fingerprint density at radius 2 is 0.976 bits per heavy atom. The summed E-state index contributed by atoms with van der Waals surface area (Å²) < 4.78 is 2.47.